The molecule has 0 radical (unpaired) electrons. The van der Waals surface area contributed by atoms with Crippen LogP contribution in [0.3, 0.4) is 0 Å². The van der Waals surface area contributed by atoms with Gasteiger partial charge in [0.25, 0.3) is 5.69 Å². The first kappa shape index (κ1) is 13.0. The SMILES string of the molecule is Cc1ccc(-c2nn(C)c3nc(N)ncc23)cc1[N+](=O)[O-]. The van der Waals surface area contributed by atoms with E-state index in [1.165, 1.54) is 6.07 Å². The third-order valence-corrected chi connectivity index (χ3v) is 3.28. The van der Waals surface area contributed by atoms with E-state index in [4.69, 9.17) is 5.73 Å². The van der Waals surface area contributed by atoms with Crippen LogP contribution in [0.2, 0.25) is 0 Å². The Morgan fingerprint density at radius 1 is 1.38 bits per heavy atom. The highest BCUT2D eigenvalue weighted by Gasteiger charge is 2.17. The molecule has 0 atom stereocenters. The molecule has 0 spiro atoms. The van der Waals surface area contributed by atoms with Crippen LogP contribution in [0.5, 0.6) is 0 Å². The molecule has 8 nitrogen and oxygen atoms in total. The van der Waals surface area contributed by atoms with Gasteiger partial charge in [-0.15, -0.1) is 0 Å². The van der Waals surface area contributed by atoms with E-state index in [0.717, 1.165) is 0 Å². The van der Waals surface area contributed by atoms with E-state index in [1.807, 2.05) is 0 Å². The number of aromatic nitrogens is 4. The molecule has 21 heavy (non-hydrogen) atoms. The normalized spacial score (nSPS) is 11.0. The van der Waals surface area contributed by atoms with Gasteiger partial charge in [-0.25, -0.2) is 9.67 Å². The van der Waals surface area contributed by atoms with Crippen molar-refractivity contribution in [1.82, 2.24) is 19.7 Å². The maximum Gasteiger partial charge on any atom is 0.272 e. The molecular formula is C13H12N6O2. The number of nitrogens with zero attached hydrogens (tertiary/aromatic N) is 5. The van der Waals surface area contributed by atoms with Crippen LogP contribution in [0.4, 0.5) is 11.6 Å². The highest BCUT2D eigenvalue weighted by molar-refractivity contribution is 5.91. The van der Waals surface area contributed by atoms with Crippen molar-refractivity contribution < 1.29 is 4.92 Å². The summed E-state index contributed by atoms with van der Waals surface area (Å²) in [5.74, 6) is 0.159. The number of rotatable bonds is 2. The van der Waals surface area contributed by atoms with Crippen molar-refractivity contribution in [3.63, 3.8) is 0 Å². The maximum absolute atomic E-state index is 11.1. The largest absolute Gasteiger partial charge is 0.368 e. The van der Waals surface area contributed by atoms with Crippen LogP contribution in [-0.2, 0) is 7.05 Å². The summed E-state index contributed by atoms with van der Waals surface area (Å²) in [6, 6.07) is 5.00. The van der Waals surface area contributed by atoms with Crippen LogP contribution in [0.1, 0.15) is 5.56 Å². The van der Waals surface area contributed by atoms with Gasteiger partial charge in [0.05, 0.1) is 10.3 Å². The zero-order valence-electron chi connectivity index (χ0n) is 11.4. The van der Waals surface area contributed by atoms with Gasteiger partial charge in [0.1, 0.15) is 5.69 Å². The number of aryl methyl sites for hydroxylation is 2. The lowest BCUT2D eigenvalue weighted by Gasteiger charge is -2.01. The zero-order chi connectivity index (χ0) is 15.1. The van der Waals surface area contributed by atoms with Crippen molar-refractivity contribution in [3.8, 4) is 11.3 Å². The minimum Gasteiger partial charge on any atom is -0.368 e. The minimum absolute atomic E-state index is 0.0580. The number of nitrogens with two attached hydrogens (primary N) is 1. The standard InChI is InChI=1S/C13H12N6O2/c1-7-3-4-8(5-10(7)19(20)21)11-9-6-15-13(14)16-12(9)18(2)17-11/h3-6H,1-2H3,(H2,14,15,16). The summed E-state index contributed by atoms with van der Waals surface area (Å²) in [7, 11) is 1.74. The van der Waals surface area contributed by atoms with Crippen molar-refractivity contribution in [2.24, 2.45) is 7.05 Å². The van der Waals surface area contributed by atoms with Crippen molar-refractivity contribution in [2.45, 2.75) is 6.92 Å². The minimum atomic E-state index is -0.404. The Hall–Kier alpha value is -3.03. The molecule has 0 saturated carbocycles. The molecule has 0 unspecified atom stereocenters. The molecule has 2 heterocycles. The number of hydrogen-bond donors (Lipinski definition) is 1. The number of anilines is 1. The summed E-state index contributed by atoms with van der Waals surface area (Å²) in [5, 5.41) is 16.1. The van der Waals surface area contributed by atoms with Gasteiger partial charge in [-0.05, 0) is 6.92 Å². The second-order valence-electron chi connectivity index (χ2n) is 4.70. The fraction of sp³-hybridized carbons (Fsp3) is 0.154. The second-order valence-corrected chi connectivity index (χ2v) is 4.70. The first-order valence-corrected chi connectivity index (χ1v) is 6.18. The number of benzene rings is 1. The lowest BCUT2D eigenvalue weighted by Crippen LogP contribution is -1.97. The van der Waals surface area contributed by atoms with Gasteiger partial charge < -0.3 is 5.73 Å². The number of hydrogen-bond acceptors (Lipinski definition) is 6. The molecule has 0 bridgehead atoms. The summed E-state index contributed by atoms with van der Waals surface area (Å²) in [5.41, 5.74) is 8.05. The van der Waals surface area contributed by atoms with Crippen molar-refractivity contribution >= 4 is 22.7 Å². The Balaban J connectivity index is 2.26. The van der Waals surface area contributed by atoms with Gasteiger partial charge in [-0.2, -0.15) is 10.1 Å². The highest BCUT2D eigenvalue weighted by Crippen LogP contribution is 2.30. The van der Waals surface area contributed by atoms with Crippen molar-refractivity contribution in [3.05, 3.63) is 40.1 Å². The predicted octanol–water partition coefficient (Wildman–Crippen LogP) is 1.83. The molecular weight excluding hydrogens is 272 g/mol. The molecule has 0 aliphatic carbocycles. The smallest absolute Gasteiger partial charge is 0.272 e. The molecule has 106 valence electrons. The van der Waals surface area contributed by atoms with E-state index in [0.29, 0.717) is 27.9 Å². The summed E-state index contributed by atoms with van der Waals surface area (Å²) in [4.78, 5) is 18.7. The number of nitro benzene ring substituents is 1. The Morgan fingerprint density at radius 2 is 2.14 bits per heavy atom. The van der Waals surface area contributed by atoms with Gasteiger partial charge in [0, 0.05) is 30.4 Å². The van der Waals surface area contributed by atoms with Crippen LogP contribution in [0, 0.1) is 17.0 Å². The van der Waals surface area contributed by atoms with Crippen LogP contribution in [0.15, 0.2) is 24.4 Å². The molecule has 0 saturated heterocycles. The second kappa shape index (κ2) is 4.51. The predicted molar refractivity (Wildman–Crippen MR) is 77.5 cm³/mol. The van der Waals surface area contributed by atoms with Crippen molar-refractivity contribution in [1.29, 1.82) is 0 Å². The van der Waals surface area contributed by atoms with Gasteiger partial charge in [-0.3, -0.25) is 10.1 Å². The third kappa shape index (κ3) is 2.06. The fourth-order valence-corrected chi connectivity index (χ4v) is 2.22. The van der Waals surface area contributed by atoms with E-state index < -0.39 is 4.92 Å². The van der Waals surface area contributed by atoms with E-state index in [-0.39, 0.29) is 11.6 Å². The molecule has 0 aliphatic heterocycles. The zero-order valence-corrected chi connectivity index (χ0v) is 11.4. The van der Waals surface area contributed by atoms with Crippen LogP contribution < -0.4 is 5.73 Å². The molecule has 8 heteroatoms. The molecule has 0 amide bonds. The highest BCUT2D eigenvalue weighted by atomic mass is 16.6. The topological polar surface area (TPSA) is 113 Å². The van der Waals surface area contributed by atoms with Crippen LogP contribution in [-0.4, -0.2) is 24.7 Å². The van der Waals surface area contributed by atoms with E-state index in [9.17, 15) is 10.1 Å². The average molecular weight is 284 g/mol. The fourth-order valence-electron chi connectivity index (χ4n) is 2.22. The Bertz CT molecular complexity index is 870. The maximum atomic E-state index is 11.1. The number of nitrogen functional groups attached to an aromatic ring is 1. The van der Waals surface area contributed by atoms with E-state index in [2.05, 4.69) is 15.1 Å². The lowest BCUT2D eigenvalue weighted by atomic mass is 10.1. The monoisotopic (exact) mass is 284 g/mol. The molecule has 3 aromatic rings. The summed E-state index contributed by atoms with van der Waals surface area (Å²) >= 11 is 0. The molecule has 0 aliphatic rings. The summed E-state index contributed by atoms with van der Waals surface area (Å²) in [6.45, 7) is 1.70. The third-order valence-electron chi connectivity index (χ3n) is 3.28. The Morgan fingerprint density at radius 3 is 2.86 bits per heavy atom. The Kier molecular flexibility index (Phi) is 2.79. The molecule has 1 aromatic carbocycles. The first-order valence-electron chi connectivity index (χ1n) is 6.18. The van der Waals surface area contributed by atoms with Gasteiger partial charge in [-0.1, -0.05) is 12.1 Å². The molecule has 0 fully saturated rings. The van der Waals surface area contributed by atoms with E-state index in [1.54, 1.807) is 37.0 Å². The molecule has 2 aromatic heterocycles. The number of fused-ring (bicyclic) bond motifs is 1. The van der Waals surface area contributed by atoms with Crippen molar-refractivity contribution in [2.75, 3.05) is 5.73 Å². The molecule has 3 rings (SSSR count). The molecule has 2 N–H and O–H groups in total. The summed E-state index contributed by atoms with van der Waals surface area (Å²) < 4.78 is 1.58. The Labute approximate surface area is 119 Å². The van der Waals surface area contributed by atoms with E-state index >= 15 is 0 Å². The quantitative estimate of drug-likeness (QED) is 0.567. The average Bonchev–Trinajstić information content (AvgIpc) is 2.76. The lowest BCUT2D eigenvalue weighted by molar-refractivity contribution is -0.385. The summed E-state index contributed by atoms with van der Waals surface area (Å²) in [6.07, 6.45) is 1.58. The van der Waals surface area contributed by atoms with Gasteiger partial charge in [0.15, 0.2) is 5.65 Å². The van der Waals surface area contributed by atoms with Gasteiger partial charge in [0.2, 0.25) is 5.95 Å². The first-order chi connectivity index (χ1) is 9.97. The number of nitro groups is 1. The van der Waals surface area contributed by atoms with Gasteiger partial charge >= 0.3 is 0 Å². The van der Waals surface area contributed by atoms with Crippen LogP contribution in [0.25, 0.3) is 22.3 Å². The van der Waals surface area contributed by atoms with Crippen LogP contribution >= 0.6 is 0 Å².